The zero-order valence-corrected chi connectivity index (χ0v) is 13.9. The fraction of sp³-hybridized carbons (Fsp3) is 0.263. The Labute approximate surface area is 147 Å². The first-order valence-electron chi connectivity index (χ1n) is 8.34. The molecule has 0 bridgehead atoms. The third kappa shape index (κ3) is 5.14. The van der Waals surface area contributed by atoms with E-state index in [1.54, 1.807) is 17.8 Å². The molecule has 3 rings (SSSR count). The molecule has 2 heterocycles. The number of hydrogen-bond donors (Lipinski definition) is 3. The standard InChI is InChI=1S/C19H22N4O2/c24-19(22-25)9-7-15-6-8-18(20-12-15)21-17-10-11-23(14-17)13-16-4-2-1-3-5-16/h1-9,12,17,25H,10-11,13-14H2,(H,20,21)(H,22,24)/t17-/m0/s1. The van der Waals surface area contributed by atoms with Crippen molar-refractivity contribution in [2.75, 3.05) is 18.4 Å². The lowest BCUT2D eigenvalue weighted by Crippen LogP contribution is -2.26. The van der Waals surface area contributed by atoms with Crippen LogP contribution in [-0.4, -0.2) is 40.1 Å². The lowest BCUT2D eigenvalue weighted by atomic mass is 10.2. The van der Waals surface area contributed by atoms with Crippen molar-refractivity contribution in [1.29, 1.82) is 0 Å². The van der Waals surface area contributed by atoms with Crippen LogP contribution >= 0.6 is 0 Å². The van der Waals surface area contributed by atoms with E-state index in [9.17, 15) is 4.79 Å². The number of nitrogens with zero attached hydrogens (tertiary/aromatic N) is 2. The van der Waals surface area contributed by atoms with Gasteiger partial charge in [0.05, 0.1) is 0 Å². The normalized spacial score (nSPS) is 17.7. The van der Waals surface area contributed by atoms with Gasteiger partial charge in [-0.05, 0) is 35.8 Å². The maximum Gasteiger partial charge on any atom is 0.267 e. The second-order valence-corrected chi connectivity index (χ2v) is 6.14. The highest BCUT2D eigenvalue weighted by atomic mass is 16.5. The molecule has 0 unspecified atom stereocenters. The molecule has 25 heavy (non-hydrogen) atoms. The Bertz CT molecular complexity index is 716. The highest BCUT2D eigenvalue weighted by Gasteiger charge is 2.22. The summed E-state index contributed by atoms with van der Waals surface area (Å²) in [4.78, 5) is 17.8. The van der Waals surface area contributed by atoms with Gasteiger partial charge >= 0.3 is 0 Å². The van der Waals surface area contributed by atoms with Crippen LogP contribution in [0.2, 0.25) is 0 Å². The Kier molecular flexibility index (Phi) is 5.77. The molecule has 1 amide bonds. The number of pyridine rings is 1. The van der Waals surface area contributed by atoms with E-state index in [1.165, 1.54) is 11.6 Å². The van der Waals surface area contributed by atoms with Crippen molar-refractivity contribution in [1.82, 2.24) is 15.4 Å². The molecule has 0 aliphatic carbocycles. The summed E-state index contributed by atoms with van der Waals surface area (Å²) in [6, 6.07) is 14.7. The van der Waals surface area contributed by atoms with E-state index >= 15 is 0 Å². The van der Waals surface area contributed by atoms with Crippen LogP contribution in [0.4, 0.5) is 5.82 Å². The molecule has 1 atom stereocenters. The number of likely N-dealkylation sites (tertiary alicyclic amines) is 1. The molecule has 130 valence electrons. The summed E-state index contributed by atoms with van der Waals surface area (Å²) < 4.78 is 0. The minimum Gasteiger partial charge on any atom is -0.366 e. The number of carbonyl (C=O) groups excluding carboxylic acids is 1. The molecule has 1 aromatic carbocycles. The van der Waals surface area contributed by atoms with E-state index in [1.807, 2.05) is 18.2 Å². The van der Waals surface area contributed by atoms with Crippen molar-refractivity contribution in [2.24, 2.45) is 0 Å². The Balaban J connectivity index is 1.50. The SMILES string of the molecule is O=C(C=Cc1ccc(N[C@H]2CCN(Cc3ccccc3)C2)nc1)NO. The Morgan fingerprint density at radius 3 is 2.84 bits per heavy atom. The summed E-state index contributed by atoms with van der Waals surface area (Å²) in [6.45, 7) is 3.04. The molecule has 6 heteroatoms. The number of carbonyl (C=O) groups is 1. The molecule has 0 radical (unpaired) electrons. The summed E-state index contributed by atoms with van der Waals surface area (Å²) in [5.41, 5.74) is 3.69. The molecule has 1 aliphatic rings. The summed E-state index contributed by atoms with van der Waals surface area (Å²) in [5.74, 6) is 0.266. The summed E-state index contributed by atoms with van der Waals surface area (Å²) in [6.07, 6.45) is 5.63. The van der Waals surface area contributed by atoms with Crippen molar-refractivity contribution in [3.05, 3.63) is 65.9 Å². The fourth-order valence-electron chi connectivity index (χ4n) is 2.94. The van der Waals surface area contributed by atoms with Gasteiger partial charge < -0.3 is 5.32 Å². The number of hydroxylamine groups is 1. The lowest BCUT2D eigenvalue weighted by Gasteiger charge is -2.17. The first-order chi connectivity index (χ1) is 12.2. The molecule has 1 aliphatic heterocycles. The lowest BCUT2D eigenvalue weighted by molar-refractivity contribution is -0.124. The van der Waals surface area contributed by atoms with Gasteiger partial charge in [0.2, 0.25) is 0 Å². The van der Waals surface area contributed by atoms with Gasteiger partial charge in [-0.25, -0.2) is 10.5 Å². The quantitative estimate of drug-likeness (QED) is 0.428. The van der Waals surface area contributed by atoms with Crippen LogP contribution in [0, 0.1) is 0 Å². The maximum absolute atomic E-state index is 11.0. The Morgan fingerprint density at radius 1 is 1.28 bits per heavy atom. The van der Waals surface area contributed by atoms with Gasteiger partial charge in [0.25, 0.3) is 5.91 Å². The first-order valence-corrected chi connectivity index (χ1v) is 8.34. The number of aromatic nitrogens is 1. The average Bonchev–Trinajstić information content (AvgIpc) is 3.08. The second-order valence-electron chi connectivity index (χ2n) is 6.14. The van der Waals surface area contributed by atoms with Gasteiger partial charge in [-0.3, -0.25) is 14.9 Å². The minimum absolute atomic E-state index is 0.387. The van der Waals surface area contributed by atoms with Gasteiger partial charge in [0.15, 0.2) is 0 Å². The highest BCUT2D eigenvalue weighted by Crippen LogP contribution is 2.17. The molecule has 6 nitrogen and oxygen atoms in total. The monoisotopic (exact) mass is 338 g/mol. The Hall–Kier alpha value is -2.70. The number of amides is 1. The predicted molar refractivity (Wildman–Crippen MR) is 96.9 cm³/mol. The number of rotatable bonds is 6. The summed E-state index contributed by atoms with van der Waals surface area (Å²) >= 11 is 0. The van der Waals surface area contributed by atoms with E-state index in [4.69, 9.17) is 5.21 Å². The van der Waals surface area contributed by atoms with Crippen LogP contribution in [0.1, 0.15) is 17.5 Å². The zero-order valence-electron chi connectivity index (χ0n) is 13.9. The van der Waals surface area contributed by atoms with Gasteiger partial charge in [0.1, 0.15) is 5.82 Å². The molecule has 0 saturated carbocycles. The van der Waals surface area contributed by atoms with Gasteiger partial charge in [0, 0.05) is 37.9 Å². The average molecular weight is 338 g/mol. The molecule has 1 aromatic heterocycles. The summed E-state index contributed by atoms with van der Waals surface area (Å²) in [5, 5.41) is 11.9. The second kappa shape index (κ2) is 8.41. The van der Waals surface area contributed by atoms with Gasteiger partial charge in [-0.15, -0.1) is 0 Å². The minimum atomic E-state index is -0.563. The number of hydrogen-bond acceptors (Lipinski definition) is 5. The molecule has 2 aromatic rings. The first kappa shape index (κ1) is 17.1. The van der Waals surface area contributed by atoms with Crippen LogP contribution in [0.15, 0.2) is 54.7 Å². The van der Waals surface area contributed by atoms with Crippen molar-refractivity contribution in [3.63, 3.8) is 0 Å². The van der Waals surface area contributed by atoms with E-state index < -0.39 is 5.91 Å². The predicted octanol–water partition coefficient (Wildman–Crippen LogP) is 2.29. The fourth-order valence-corrected chi connectivity index (χ4v) is 2.94. The van der Waals surface area contributed by atoms with Crippen LogP contribution in [0.5, 0.6) is 0 Å². The molecule has 0 spiro atoms. The number of anilines is 1. The van der Waals surface area contributed by atoms with Gasteiger partial charge in [-0.2, -0.15) is 0 Å². The third-order valence-corrected chi connectivity index (χ3v) is 4.20. The van der Waals surface area contributed by atoms with Crippen LogP contribution < -0.4 is 10.8 Å². The van der Waals surface area contributed by atoms with E-state index in [-0.39, 0.29) is 0 Å². The number of nitrogens with one attached hydrogen (secondary N) is 2. The van der Waals surface area contributed by atoms with E-state index in [2.05, 4.69) is 39.5 Å². The largest absolute Gasteiger partial charge is 0.366 e. The van der Waals surface area contributed by atoms with E-state index in [0.29, 0.717) is 6.04 Å². The molecule has 3 N–H and O–H groups in total. The van der Waals surface area contributed by atoms with Crippen molar-refractivity contribution in [2.45, 2.75) is 19.0 Å². The smallest absolute Gasteiger partial charge is 0.267 e. The van der Waals surface area contributed by atoms with Crippen LogP contribution in [0.25, 0.3) is 6.08 Å². The molecule has 1 saturated heterocycles. The van der Waals surface area contributed by atoms with Gasteiger partial charge in [-0.1, -0.05) is 30.3 Å². The molecule has 1 fully saturated rings. The zero-order chi connectivity index (χ0) is 17.5. The number of benzene rings is 1. The maximum atomic E-state index is 11.0. The van der Waals surface area contributed by atoms with Crippen molar-refractivity contribution < 1.29 is 10.0 Å². The third-order valence-electron chi connectivity index (χ3n) is 4.20. The Morgan fingerprint density at radius 2 is 2.12 bits per heavy atom. The highest BCUT2D eigenvalue weighted by molar-refractivity contribution is 5.90. The molecular weight excluding hydrogens is 316 g/mol. The van der Waals surface area contributed by atoms with Crippen molar-refractivity contribution in [3.8, 4) is 0 Å². The van der Waals surface area contributed by atoms with Crippen LogP contribution in [-0.2, 0) is 11.3 Å². The van der Waals surface area contributed by atoms with E-state index in [0.717, 1.165) is 37.4 Å². The van der Waals surface area contributed by atoms with Crippen LogP contribution in [0.3, 0.4) is 0 Å². The summed E-state index contributed by atoms with van der Waals surface area (Å²) in [7, 11) is 0. The topological polar surface area (TPSA) is 77.5 Å². The van der Waals surface area contributed by atoms with Crippen molar-refractivity contribution >= 4 is 17.8 Å². The molecular formula is C19H22N4O2.